The van der Waals surface area contributed by atoms with Gasteiger partial charge in [0.15, 0.2) is 5.13 Å². The molecule has 0 bridgehead atoms. The van der Waals surface area contributed by atoms with E-state index < -0.39 is 0 Å². The Morgan fingerprint density at radius 3 is 2.90 bits per heavy atom. The van der Waals surface area contributed by atoms with Crippen molar-refractivity contribution in [3.05, 3.63) is 39.8 Å². The Labute approximate surface area is 130 Å². The van der Waals surface area contributed by atoms with Crippen molar-refractivity contribution in [2.45, 2.75) is 13.8 Å². The van der Waals surface area contributed by atoms with E-state index in [1.165, 1.54) is 11.3 Å². The first-order chi connectivity index (χ1) is 9.56. The van der Waals surface area contributed by atoms with Crippen LogP contribution in [0, 0.1) is 5.92 Å². The van der Waals surface area contributed by atoms with Crippen molar-refractivity contribution in [3.63, 3.8) is 0 Å². The molecule has 1 aromatic heterocycles. The van der Waals surface area contributed by atoms with E-state index in [-0.39, 0.29) is 5.91 Å². The van der Waals surface area contributed by atoms with Crippen LogP contribution in [0.3, 0.4) is 0 Å². The van der Waals surface area contributed by atoms with Gasteiger partial charge in [-0.3, -0.25) is 10.1 Å². The summed E-state index contributed by atoms with van der Waals surface area (Å²) in [6.45, 7) is 4.82. The number of nitrogens with zero attached hydrogens (tertiary/aromatic N) is 1. The summed E-state index contributed by atoms with van der Waals surface area (Å²) in [6.07, 6.45) is 1.65. The van der Waals surface area contributed by atoms with Gasteiger partial charge in [-0.1, -0.05) is 13.8 Å². The molecule has 0 aliphatic heterocycles. The number of amides is 1. The highest BCUT2D eigenvalue weighted by Crippen LogP contribution is 2.27. The van der Waals surface area contributed by atoms with E-state index in [1.807, 2.05) is 5.38 Å². The third kappa shape index (κ3) is 4.05. The van der Waals surface area contributed by atoms with Gasteiger partial charge in [0, 0.05) is 17.1 Å². The van der Waals surface area contributed by atoms with Crippen LogP contribution in [0.25, 0.3) is 0 Å². The first-order valence-corrected chi connectivity index (χ1v) is 7.86. The van der Waals surface area contributed by atoms with E-state index in [9.17, 15) is 4.79 Å². The molecular formula is C14H15BrN2O2S. The van der Waals surface area contributed by atoms with Crippen molar-refractivity contribution in [1.82, 2.24) is 4.98 Å². The van der Waals surface area contributed by atoms with Crippen LogP contribution in [-0.4, -0.2) is 17.5 Å². The number of nitrogens with one attached hydrogen (secondary N) is 1. The molecule has 1 aromatic carbocycles. The maximum absolute atomic E-state index is 12.0. The first kappa shape index (κ1) is 15.0. The van der Waals surface area contributed by atoms with Crippen molar-refractivity contribution >= 4 is 38.3 Å². The van der Waals surface area contributed by atoms with Crippen LogP contribution in [0.4, 0.5) is 5.13 Å². The maximum atomic E-state index is 12.0. The molecule has 2 rings (SSSR count). The van der Waals surface area contributed by atoms with E-state index in [0.717, 1.165) is 10.2 Å². The van der Waals surface area contributed by atoms with Crippen molar-refractivity contribution in [2.24, 2.45) is 5.92 Å². The number of thiazole rings is 1. The van der Waals surface area contributed by atoms with Gasteiger partial charge in [-0.2, -0.15) is 0 Å². The molecular weight excluding hydrogens is 340 g/mol. The number of halogens is 1. The summed E-state index contributed by atoms with van der Waals surface area (Å²) < 4.78 is 6.42. The minimum atomic E-state index is -0.184. The number of hydrogen-bond acceptors (Lipinski definition) is 4. The number of carbonyl (C=O) groups is 1. The molecule has 2 aromatic rings. The van der Waals surface area contributed by atoms with Crippen LogP contribution in [0.15, 0.2) is 34.2 Å². The average Bonchev–Trinajstić information content (AvgIpc) is 2.89. The molecule has 0 saturated carbocycles. The predicted molar refractivity (Wildman–Crippen MR) is 84.5 cm³/mol. The fourth-order valence-electron chi connectivity index (χ4n) is 1.47. The van der Waals surface area contributed by atoms with Crippen molar-refractivity contribution in [1.29, 1.82) is 0 Å². The molecule has 4 nitrogen and oxygen atoms in total. The summed E-state index contributed by atoms with van der Waals surface area (Å²) >= 11 is 4.81. The SMILES string of the molecule is CC(C)COc1ccc(C(=O)Nc2nccs2)cc1Br. The van der Waals surface area contributed by atoms with Gasteiger partial charge in [-0.15, -0.1) is 11.3 Å². The fourth-order valence-corrected chi connectivity index (χ4v) is 2.49. The summed E-state index contributed by atoms with van der Waals surface area (Å²) in [5.74, 6) is 1.01. The molecule has 1 heterocycles. The van der Waals surface area contributed by atoms with Gasteiger partial charge in [0.2, 0.25) is 0 Å². The van der Waals surface area contributed by atoms with E-state index in [2.05, 4.69) is 40.1 Å². The van der Waals surface area contributed by atoms with Gasteiger partial charge in [-0.05, 0) is 40.0 Å². The van der Waals surface area contributed by atoms with Crippen LogP contribution in [-0.2, 0) is 0 Å². The third-order valence-corrected chi connectivity index (χ3v) is 3.73. The number of benzene rings is 1. The van der Waals surface area contributed by atoms with Gasteiger partial charge in [0.25, 0.3) is 5.91 Å². The van der Waals surface area contributed by atoms with Crippen LogP contribution in [0.2, 0.25) is 0 Å². The third-order valence-electron chi connectivity index (χ3n) is 2.42. The normalized spacial score (nSPS) is 10.6. The zero-order valence-corrected chi connectivity index (χ0v) is 13.6. The number of rotatable bonds is 5. The quantitative estimate of drug-likeness (QED) is 0.875. The van der Waals surface area contributed by atoms with Gasteiger partial charge in [-0.25, -0.2) is 4.98 Å². The molecule has 1 amide bonds. The number of hydrogen-bond donors (Lipinski definition) is 1. The molecule has 0 radical (unpaired) electrons. The number of carbonyl (C=O) groups excluding carboxylic acids is 1. The lowest BCUT2D eigenvalue weighted by molar-refractivity contribution is 0.102. The zero-order valence-electron chi connectivity index (χ0n) is 11.2. The summed E-state index contributed by atoms with van der Waals surface area (Å²) in [6, 6.07) is 5.28. The van der Waals surface area contributed by atoms with E-state index in [4.69, 9.17) is 4.74 Å². The van der Waals surface area contributed by atoms with Crippen LogP contribution < -0.4 is 10.1 Å². The second kappa shape index (κ2) is 6.85. The first-order valence-electron chi connectivity index (χ1n) is 6.19. The summed E-state index contributed by atoms with van der Waals surface area (Å²) in [5, 5.41) is 5.14. The van der Waals surface area contributed by atoms with Gasteiger partial charge in [0.05, 0.1) is 11.1 Å². The maximum Gasteiger partial charge on any atom is 0.257 e. The molecule has 1 N–H and O–H groups in total. The van der Waals surface area contributed by atoms with Crippen molar-refractivity contribution in [3.8, 4) is 5.75 Å². The van der Waals surface area contributed by atoms with Crippen LogP contribution in [0.1, 0.15) is 24.2 Å². The van der Waals surface area contributed by atoms with Crippen LogP contribution >= 0.6 is 27.3 Å². The second-order valence-electron chi connectivity index (χ2n) is 4.64. The summed E-state index contributed by atoms with van der Waals surface area (Å²) in [5.41, 5.74) is 0.559. The summed E-state index contributed by atoms with van der Waals surface area (Å²) in [7, 11) is 0. The Morgan fingerprint density at radius 1 is 1.50 bits per heavy atom. The van der Waals surface area contributed by atoms with Gasteiger partial charge in [0.1, 0.15) is 5.75 Å². The lowest BCUT2D eigenvalue weighted by Gasteiger charge is -2.11. The smallest absolute Gasteiger partial charge is 0.257 e. The largest absolute Gasteiger partial charge is 0.492 e. The topological polar surface area (TPSA) is 51.2 Å². The monoisotopic (exact) mass is 354 g/mol. The molecule has 0 atom stereocenters. The predicted octanol–water partition coefficient (Wildman–Crippen LogP) is 4.19. The summed E-state index contributed by atoms with van der Waals surface area (Å²) in [4.78, 5) is 16.1. The average molecular weight is 355 g/mol. The number of aromatic nitrogens is 1. The van der Waals surface area contributed by atoms with E-state index in [0.29, 0.717) is 23.2 Å². The van der Waals surface area contributed by atoms with Gasteiger partial charge >= 0.3 is 0 Å². The lowest BCUT2D eigenvalue weighted by Crippen LogP contribution is -2.12. The standard InChI is InChI=1S/C14H15BrN2O2S/c1-9(2)8-19-12-4-3-10(7-11(12)15)13(18)17-14-16-5-6-20-14/h3-7,9H,8H2,1-2H3,(H,16,17,18). The molecule has 0 fully saturated rings. The second-order valence-corrected chi connectivity index (χ2v) is 6.39. The lowest BCUT2D eigenvalue weighted by atomic mass is 10.2. The van der Waals surface area contributed by atoms with E-state index in [1.54, 1.807) is 24.4 Å². The Kier molecular flexibility index (Phi) is 5.14. The highest BCUT2D eigenvalue weighted by atomic mass is 79.9. The number of anilines is 1. The highest BCUT2D eigenvalue weighted by Gasteiger charge is 2.11. The van der Waals surface area contributed by atoms with E-state index >= 15 is 0 Å². The van der Waals surface area contributed by atoms with Crippen LogP contribution in [0.5, 0.6) is 5.75 Å². The molecule has 0 aliphatic rings. The Morgan fingerprint density at radius 2 is 2.30 bits per heavy atom. The molecule has 20 heavy (non-hydrogen) atoms. The van der Waals surface area contributed by atoms with Crippen molar-refractivity contribution < 1.29 is 9.53 Å². The Balaban J connectivity index is 2.06. The molecule has 0 unspecified atom stereocenters. The number of ether oxygens (including phenoxy) is 1. The fraction of sp³-hybridized carbons (Fsp3) is 0.286. The molecule has 0 aliphatic carbocycles. The zero-order chi connectivity index (χ0) is 14.5. The minimum absolute atomic E-state index is 0.184. The molecule has 6 heteroatoms. The molecule has 106 valence electrons. The molecule has 0 saturated heterocycles. The minimum Gasteiger partial charge on any atom is -0.492 e. The van der Waals surface area contributed by atoms with Crippen molar-refractivity contribution in [2.75, 3.05) is 11.9 Å². The highest BCUT2D eigenvalue weighted by molar-refractivity contribution is 9.10. The molecule has 0 spiro atoms. The van der Waals surface area contributed by atoms with Gasteiger partial charge < -0.3 is 4.74 Å². The Bertz CT molecular complexity index is 585. The Hall–Kier alpha value is -1.40.